The number of carbonyl (C=O) groups excluding carboxylic acids is 2. The molecule has 1 aromatic heterocycles. The van der Waals surface area contributed by atoms with Gasteiger partial charge < -0.3 is 15.0 Å². The molecule has 0 aliphatic carbocycles. The highest BCUT2D eigenvalue weighted by atomic mass is 32.1. The molecule has 0 saturated carbocycles. The van der Waals surface area contributed by atoms with E-state index >= 15 is 0 Å². The Hall–Kier alpha value is -1.56. The zero-order valence-electron chi connectivity index (χ0n) is 15.1. The van der Waals surface area contributed by atoms with E-state index in [0.29, 0.717) is 19.6 Å². The smallest absolute Gasteiger partial charge is 0.410 e. The van der Waals surface area contributed by atoms with Gasteiger partial charge in [-0.1, -0.05) is 6.92 Å². The molecule has 2 amide bonds. The van der Waals surface area contributed by atoms with E-state index in [2.05, 4.69) is 24.4 Å². The van der Waals surface area contributed by atoms with E-state index in [0.717, 1.165) is 19.3 Å². The van der Waals surface area contributed by atoms with Crippen LogP contribution in [0.5, 0.6) is 0 Å². The zero-order chi connectivity index (χ0) is 17.7. The first-order valence-electron chi connectivity index (χ1n) is 8.61. The fourth-order valence-corrected chi connectivity index (χ4v) is 3.61. The minimum absolute atomic E-state index is 0.0229. The molecule has 0 unspecified atom stereocenters. The predicted octanol–water partition coefficient (Wildman–Crippen LogP) is 3.57. The van der Waals surface area contributed by atoms with Gasteiger partial charge in [0.2, 0.25) is 5.91 Å². The number of aryl methyl sites for hydroxylation is 1. The van der Waals surface area contributed by atoms with E-state index < -0.39 is 5.60 Å². The molecular formula is C18H28N2O3S. The molecule has 6 heteroatoms. The molecule has 0 aromatic carbocycles. The molecule has 2 heterocycles. The van der Waals surface area contributed by atoms with Crippen molar-refractivity contribution in [1.82, 2.24) is 10.2 Å². The molecule has 1 aliphatic rings. The average molecular weight is 353 g/mol. The SMILES string of the molecule is CCc1ccc(CNC(=O)[C@@H]2CCCN(C(=O)OC(C)(C)C)C2)s1. The largest absolute Gasteiger partial charge is 0.444 e. The number of likely N-dealkylation sites (tertiary alicyclic amines) is 1. The summed E-state index contributed by atoms with van der Waals surface area (Å²) in [5, 5.41) is 3.01. The van der Waals surface area contributed by atoms with E-state index in [1.165, 1.54) is 9.75 Å². The van der Waals surface area contributed by atoms with Gasteiger partial charge in [0.25, 0.3) is 0 Å². The summed E-state index contributed by atoms with van der Waals surface area (Å²) in [7, 11) is 0. The first kappa shape index (κ1) is 18.8. The summed E-state index contributed by atoms with van der Waals surface area (Å²) in [6.45, 7) is 9.34. The molecule has 1 saturated heterocycles. The number of piperidine rings is 1. The summed E-state index contributed by atoms with van der Waals surface area (Å²) >= 11 is 1.73. The Kier molecular flexibility index (Phi) is 6.27. The van der Waals surface area contributed by atoms with Crippen LogP contribution in [0.1, 0.15) is 50.3 Å². The minimum atomic E-state index is -0.511. The maximum Gasteiger partial charge on any atom is 0.410 e. The van der Waals surface area contributed by atoms with Gasteiger partial charge in [0.05, 0.1) is 12.5 Å². The molecule has 1 fully saturated rings. The molecule has 0 bridgehead atoms. The van der Waals surface area contributed by atoms with Crippen LogP contribution >= 0.6 is 11.3 Å². The second kappa shape index (κ2) is 8.01. The van der Waals surface area contributed by atoms with Gasteiger partial charge in [0.15, 0.2) is 0 Å². The predicted molar refractivity (Wildman–Crippen MR) is 96.1 cm³/mol. The first-order chi connectivity index (χ1) is 11.3. The van der Waals surface area contributed by atoms with Crippen molar-refractivity contribution < 1.29 is 14.3 Å². The Morgan fingerprint density at radius 3 is 2.67 bits per heavy atom. The van der Waals surface area contributed by atoms with Crippen molar-refractivity contribution in [3.05, 3.63) is 21.9 Å². The van der Waals surface area contributed by atoms with Gasteiger partial charge in [-0.2, -0.15) is 0 Å². The number of amides is 2. The van der Waals surface area contributed by atoms with E-state index in [-0.39, 0.29) is 17.9 Å². The van der Waals surface area contributed by atoms with Crippen LogP contribution in [0.25, 0.3) is 0 Å². The zero-order valence-corrected chi connectivity index (χ0v) is 15.9. The Labute approximate surface area is 148 Å². The number of rotatable bonds is 4. The monoisotopic (exact) mass is 352 g/mol. The summed E-state index contributed by atoms with van der Waals surface area (Å²) in [5.74, 6) is -0.133. The summed E-state index contributed by atoms with van der Waals surface area (Å²) in [6.07, 6.45) is 2.34. The topological polar surface area (TPSA) is 58.6 Å². The molecular weight excluding hydrogens is 324 g/mol. The van der Waals surface area contributed by atoms with Gasteiger partial charge in [0, 0.05) is 22.8 Å². The second-order valence-electron chi connectivity index (χ2n) is 7.20. The lowest BCUT2D eigenvalue weighted by molar-refractivity contribution is -0.126. The van der Waals surface area contributed by atoms with E-state index in [4.69, 9.17) is 4.74 Å². The maximum absolute atomic E-state index is 12.4. The van der Waals surface area contributed by atoms with Gasteiger partial charge in [-0.3, -0.25) is 4.79 Å². The van der Waals surface area contributed by atoms with Crippen LogP contribution in [0, 0.1) is 5.92 Å². The standard InChI is InChI=1S/C18H28N2O3S/c1-5-14-8-9-15(24-14)11-19-16(21)13-7-6-10-20(12-13)17(22)23-18(2,3)4/h8-9,13H,5-7,10-12H2,1-4H3,(H,19,21)/t13-/m1/s1. The Bertz CT molecular complexity index is 577. The quantitative estimate of drug-likeness (QED) is 0.901. The van der Waals surface area contributed by atoms with E-state index in [1.807, 2.05) is 20.8 Å². The van der Waals surface area contributed by atoms with Crippen molar-refractivity contribution in [2.24, 2.45) is 5.92 Å². The third-order valence-electron chi connectivity index (χ3n) is 3.95. The van der Waals surface area contributed by atoms with Gasteiger partial charge in [0.1, 0.15) is 5.60 Å². The number of ether oxygens (including phenoxy) is 1. The molecule has 1 aliphatic heterocycles. The van der Waals surface area contributed by atoms with Crippen LogP contribution in [0.3, 0.4) is 0 Å². The average Bonchev–Trinajstić information content (AvgIpc) is 2.99. The minimum Gasteiger partial charge on any atom is -0.444 e. The lowest BCUT2D eigenvalue weighted by Gasteiger charge is -2.33. The Balaban J connectivity index is 1.84. The number of thiophene rings is 1. The molecule has 0 spiro atoms. The van der Waals surface area contributed by atoms with Crippen LogP contribution in [0.4, 0.5) is 4.79 Å². The lowest BCUT2D eigenvalue weighted by Crippen LogP contribution is -2.46. The molecule has 0 radical (unpaired) electrons. The van der Waals surface area contributed by atoms with Crippen molar-refractivity contribution in [2.45, 2.75) is 59.1 Å². The van der Waals surface area contributed by atoms with Crippen molar-refractivity contribution in [3.8, 4) is 0 Å². The number of nitrogens with zero attached hydrogens (tertiary/aromatic N) is 1. The van der Waals surface area contributed by atoms with Crippen molar-refractivity contribution in [1.29, 1.82) is 0 Å². The summed E-state index contributed by atoms with van der Waals surface area (Å²) in [4.78, 5) is 28.7. The maximum atomic E-state index is 12.4. The van der Waals surface area contributed by atoms with Crippen molar-refractivity contribution >= 4 is 23.3 Å². The number of carbonyl (C=O) groups is 2. The summed E-state index contributed by atoms with van der Waals surface area (Å²) < 4.78 is 5.41. The van der Waals surface area contributed by atoms with Crippen LogP contribution < -0.4 is 5.32 Å². The Morgan fingerprint density at radius 2 is 2.04 bits per heavy atom. The highest BCUT2D eigenvalue weighted by Crippen LogP contribution is 2.20. The number of hydrogen-bond donors (Lipinski definition) is 1. The number of hydrogen-bond acceptors (Lipinski definition) is 4. The third-order valence-corrected chi connectivity index (χ3v) is 5.18. The van der Waals surface area contributed by atoms with Gasteiger partial charge >= 0.3 is 6.09 Å². The van der Waals surface area contributed by atoms with E-state index in [9.17, 15) is 9.59 Å². The van der Waals surface area contributed by atoms with Crippen LogP contribution in [0.15, 0.2) is 12.1 Å². The summed E-state index contributed by atoms with van der Waals surface area (Å²) in [5.41, 5.74) is -0.511. The normalized spacial score (nSPS) is 18.3. The van der Waals surface area contributed by atoms with Crippen LogP contribution in [-0.2, 0) is 22.5 Å². The van der Waals surface area contributed by atoms with Gasteiger partial charge in [-0.25, -0.2) is 4.79 Å². The molecule has 1 N–H and O–H groups in total. The molecule has 1 atom stereocenters. The fraction of sp³-hybridized carbons (Fsp3) is 0.667. The van der Waals surface area contributed by atoms with E-state index in [1.54, 1.807) is 16.2 Å². The molecule has 1 aromatic rings. The molecule has 24 heavy (non-hydrogen) atoms. The van der Waals surface area contributed by atoms with Crippen molar-refractivity contribution in [3.63, 3.8) is 0 Å². The summed E-state index contributed by atoms with van der Waals surface area (Å²) in [6, 6.07) is 4.18. The van der Waals surface area contributed by atoms with Gasteiger partial charge in [-0.05, 0) is 52.2 Å². The third kappa shape index (κ3) is 5.51. The highest BCUT2D eigenvalue weighted by molar-refractivity contribution is 7.11. The Morgan fingerprint density at radius 1 is 1.33 bits per heavy atom. The van der Waals surface area contributed by atoms with Crippen molar-refractivity contribution in [2.75, 3.05) is 13.1 Å². The lowest BCUT2D eigenvalue weighted by atomic mass is 9.97. The first-order valence-corrected chi connectivity index (χ1v) is 9.43. The molecule has 134 valence electrons. The van der Waals surface area contributed by atoms with Crippen LogP contribution in [-0.4, -0.2) is 35.6 Å². The number of nitrogens with one attached hydrogen (secondary N) is 1. The highest BCUT2D eigenvalue weighted by Gasteiger charge is 2.30. The van der Waals surface area contributed by atoms with Crippen LogP contribution in [0.2, 0.25) is 0 Å². The molecule has 5 nitrogen and oxygen atoms in total. The molecule has 2 rings (SSSR count). The van der Waals surface area contributed by atoms with Gasteiger partial charge in [-0.15, -0.1) is 11.3 Å². The fourth-order valence-electron chi connectivity index (χ4n) is 2.71. The second-order valence-corrected chi connectivity index (χ2v) is 8.46.